The Hall–Kier alpha value is -3.28. The van der Waals surface area contributed by atoms with E-state index >= 15 is 0 Å². The van der Waals surface area contributed by atoms with E-state index < -0.39 is 17.7 Å². The largest absolute Gasteiger partial charge is 0.422 e. The standard InChI is InChI=1S/C18H12O6/c1-9(19)23-16-8-13-5-12-6-14(21)4-3-11(12)7-15(13)18(17(16)22)24-10(2)20/h3-8H,1-2H3. The molecule has 0 saturated heterocycles. The van der Waals surface area contributed by atoms with Crippen LogP contribution in [0.25, 0.3) is 24.0 Å². The van der Waals surface area contributed by atoms with Crippen LogP contribution >= 0.6 is 0 Å². The third-order valence-electron chi connectivity index (χ3n) is 3.44. The highest BCUT2D eigenvalue weighted by Crippen LogP contribution is 2.19. The molecule has 2 aliphatic rings. The summed E-state index contributed by atoms with van der Waals surface area (Å²) >= 11 is 0. The van der Waals surface area contributed by atoms with Crippen molar-refractivity contribution >= 4 is 47.5 Å². The second-order valence-electron chi connectivity index (χ2n) is 5.30. The molecule has 24 heavy (non-hydrogen) atoms. The number of benzene rings is 1. The molecule has 120 valence electrons. The molecule has 2 aliphatic carbocycles. The number of hydrogen-bond donors (Lipinski definition) is 0. The van der Waals surface area contributed by atoms with E-state index in [0.717, 1.165) is 5.56 Å². The van der Waals surface area contributed by atoms with Gasteiger partial charge < -0.3 is 9.47 Å². The number of ketones is 2. The zero-order valence-electron chi connectivity index (χ0n) is 12.9. The maximum absolute atomic E-state index is 12.4. The zero-order chi connectivity index (χ0) is 17.4. The molecular formula is C18H12O6. The number of esters is 2. The second kappa shape index (κ2) is 5.73. The summed E-state index contributed by atoms with van der Waals surface area (Å²) in [6.45, 7) is 2.34. The minimum atomic E-state index is -0.687. The number of fused-ring (bicyclic) bond motifs is 2. The molecule has 1 aromatic carbocycles. The van der Waals surface area contributed by atoms with Crippen molar-refractivity contribution in [2.24, 2.45) is 0 Å². The third kappa shape index (κ3) is 2.81. The number of rotatable bonds is 2. The van der Waals surface area contributed by atoms with Crippen molar-refractivity contribution in [3.05, 3.63) is 45.5 Å². The molecule has 0 fully saturated rings. The average Bonchev–Trinajstić information content (AvgIpc) is 2.49. The molecule has 0 bridgehead atoms. The van der Waals surface area contributed by atoms with Gasteiger partial charge in [0.15, 0.2) is 17.3 Å². The molecule has 0 N–H and O–H groups in total. The Morgan fingerprint density at radius 2 is 1.58 bits per heavy atom. The summed E-state index contributed by atoms with van der Waals surface area (Å²) in [6.07, 6.45) is 5.88. The molecule has 0 saturated carbocycles. The number of hydrogen-bond acceptors (Lipinski definition) is 6. The molecule has 0 radical (unpaired) electrons. The summed E-state index contributed by atoms with van der Waals surface area (Å²) < 4.78 is 9.96. The smallest absolute Gasteiger partial charge is 0.308 e. The highest BCUT2D eigenvalue weighted by Gasteiger charge is 2.27. The molecule has 6 nitrogen and oxygen atoms in total. The minimum absolute atomic E-state index is 0.150. The van der Waals surface area contributed by atoms with Crippen molar-refractivity contribution in [2.45, 2.75) is 13.8 Å². The van der Waals surface area contributed by atoms with E-state index in [1.54, 1.807) is 18.2 Å². The van der Waals surface area contributed by atoms with E-state index in [0.29, 0.717) is 16.0 Å². The molecule has 0 aliphatic heterocycles. The normalized spacial score (nSPS) is 15.1. The highest BCUT2D eigenvalue weighted by molar-refractivity contribution is 6.25. The lowest BCUT2D eigenvalue weighted by Gasteiger charge is -2.16. The van der Waals surface area contributed by atoms with Crippen molar-refractivity contribution in [3.8, 4) is 0 Å². The fourth-order valence-corrected chi connectivity index (χ4v) is 2.53. The van der Waals surface area contributed by atoms with Gasteiger partial charge in [0.1, 0.15) is 0 Å². The van der Waals surface area contributed by atoms with Crippen LogP contribution in [0.15, 0.2) is 24.0 Å². The molecule has 0 heterocycles. The summed E-state index contributed by atoms with van der Waals surface area (Å²) in [5, 5.41) is 1.06. The van der Waals surface area contributed by atoms with Crippen LogP contribution in [0.5, 0.6) is 0 Å². The molecular weight excluding hydrogens is 312 g/mol. The lowest BCUT2D eigenvalue weighted by Crippen LogP contribution is -2.30. The van der Waals surface area contributed by atoms with Gasteiger partial charge in [-0.1, -0.05) is 6.08 Å². The van der Waals surface area contributed by atoms with Gasteiger partial charge in [-0.15, -0.1) is 0 Å². The number of carbonyl (C=O) groups is 4. The first kappa shape index (κ1) is 15.6. The summed E-state index contributed by atoms with van der Waals surface area (Å²) in [4.78, 5) is 46.5. The van der Waals surface area contributed by atoms with Gasteiger partial charge in [0.2, 0.25) is 0 Å². The fraction of sp³-hybridized carbons (Fsp3) is 0.111. The Morgan fingerprint density at radius 3 is 2.25 bits per heavy atom. The highest BCUT2D eigenvalue weighted by atomic mass is 16.6. The van der Waals surface area contributed by atoms with Crippen LogP contribution in [0.2, 0.25) is 0 Å². The Labute approximate surface area is 136 Å². The Kier molecular flexibility index (Phi) is 3.73. The van der Waals surface area contributed by atoms with Gasteiger partial charge in [-0.05, 0) is 46.7 Å². The number of Topliss-reactive ketones (excluding diaryl/α,β-unsaturated/α-hetero) is 1. The number of ether oxygens (including phenoxy) is 2. The van der Waals surface area contributed by atoms with Crippen molar-refractivity contribution in [3.63, 3.8) is 0 Å². The maximum Gasteiger partial charge on any atom is 0.308 e. The maximum atomic E-state index is 12.4. The van der Waals surface area contributed by atoms with Crippen LogP contribution in [-0.4, -0.2) is 23.5 Å². The van der Waals surface area contributed by atoms with Crippen LogP contribution < -0.4 is 10.4 Å². The van der Waals surface area contributed by atoms with E-state index in [-0.39, 0.29) is 17.3 Å². The van der Waals surface area contributed by atoms with E-state index in [1.165, 1.54) is 32.1 Å². The van der Waals surface area contributed by atoms with E-state index in [2.05, 4.69) is 0 Å². The molecule has 1 aromatic rings. The van der Waals surface area contributed by atoms with Crippen molar-refractivity contribution in [1.82, 2.24) is 0 Å². The van der Waals surface area contributed by atoms with Gasteiger partial charge in [-0.2, -0.15) is 0 Å². The first-order valence-electron chi connectivity index (χ1n) is 7.10. The van der Waals surface area contributed by atoms with Crippen LogP contribution in [-0.2, 0) is 28.7 Å². The van der Waals surface area contributed by atoms with Crippen molar-refractivity contribution in [1.29, 1.82) is 0 Å². The van der Waals surface area contributed by atoms with Crippen LogP contribution in [0.4, 0.5) is 0 Å². The first-order chi connectivity index (χ1) is 11.3. The van der Waals surface area contributed by atoms with Gasteiger partial charge in [0, 0.05) is 19.1 Å². The lowest BCUT2D eigenvalue weighted by molar-refractivity contribution is -0.140. The Bertz CT molecular complexity index is 991. The molecule has 0 spiro atoms. The quantitative estimate of drug-likeness (QED) is 0.723. The average molecular weight is 324 g/mol. The number of allylic oxidation sites excluding steroid dienone is 1. The monoisotopic (exact) mass is 324 g/mol. The van der Waals surface area contributed by atoms with Crippen molar-refractivity contribution in [2.75, 3.05) is 0 Å². The Balaban J connectivity index is 2.29. The predicted molar refractivity (Wildman–Crippen MR) is 84.1 cm³/mol. The van der Waals surface area contributed by atoms with Crippen LogP contribution in [0, 0.1) is 0 Å². The summed E-state index contributed by atoms with van der Waals surface area (Å²) in [5.74, 6) is -2.60. The van der Waals surface area contributed by atoms with Gasteiger partial charge in [-0.3, -0.25) is 19.2 Å². The Morgan fingerprint density at radius 1 is 0.875 bits per heavy atom. The molecule has 0 amide bonds. The van der Waals surface area contributed by atoms with Crippen molar-refractivity contribution < 1.29 is 28.7 Å². The van der Waals surface area contributed by atoms with Gasteiger partial charge in [-0.25, -0.2) is 0 Å². The van der Waals surface area contributed by atoms with Crippen LogP contribution in [0.1, 0.15) is 25.0 Å². The van der Waals surface area contributed by atoms with Gasteiger partial charge >= 0.3 is 11.9 Å². The van der Waals surface area contributed by atoms with Crippen LogP contribution in [0.3, 0.4) is 0 Å². The molecule has 0 unspecified atom stereocenters. The summed E-state index contributed by atoms with van der Waals surface area (Å²) in [7, 11) is 0. The predicted octanol–water partition coefficient (Wildman–Crippen LogP) is 0.221. The third-order valence-corrected chi connectivity index (χ3v) is 3.44. The molecule has 3 rings (SSSR count). The topological polar surface area (TPSA) is 86.7 Å². The molecule has 6 heteroatoms. The fourth-order valence-electron chi connectivity index (χ4n) is 2.53. The summed E-state index contributed by atoms with van der Waals surface area (Å²) in [5.41, 5.74) is 1.23. The van der Waals surface area contributed by atoms with E-state index in [9.17, 15) is 19.2 Å². The number of carbonyl (C=O) groups excluding carboxylic acids is 4. The van der Waals surface area contributed by atoms with Gasteiger partial charge in [0.05, 0.1) is 0 Å². The molecule has 0 atom stereocenters. The second-order valence-corrected chi connectivity index (χ2v) is 5.30. The summed E-state index contributed by atoms with van der Waals surface area (Å²) in [6, 6.07) is 3.33. The van der Waals surface area contributed by atoms with Gasteiger partial charge in [0.25, 0.3) is 5.78 Å². The SMILES string of the molecule is CC(=O)OC1=Cc2cc3c(cc2=C(OC(C)=O)C1=O)C=CC(=O)C=3. The molecule has 0 aromatic heterocycles. The van der Waals surface area contributed by atoms with E-state index in [1.807, 2.05) is 0 Å². The minimum Gasteiger partial charge on any atom is -0.422 e. The zero-order valence-corrected chi connectivity index (χ0v) is 12.9. The first-order valence-corrected chi connectivity index (χ1v) is 7.10. The van der Waals surface area contributed by atoms with E-state index in [4.69, 9.17) is 9.47 Å². The lowest BCUT2D eigenvalue weighted by atomic mass is 9.96.